The van der Waals surface area contributed by atoms with Crippen LogP contribution in [0.15, 0.2) is 47.4 Å². The summed E-state index contributed by atoms with van der Waals surface area (Å²) in [5.74, 6) is -1.04. The average Bonchev–Trinajstić information content (AvgIpc) is 2.69. The summed E-state index contributed by atoms with van der Waals surface area (Å²) in [7, 11) is -2.59. The Hall–Kier alpha value is -2.16. The topological polar surface area (TPSA) is 75.7 Å². The number of methoxy groups -OCH3 is 1. The Bertz CT molecular complexity index is 958. The third-order valence-corrected chi connectivity index (χ3v) is 6.85. The minimum atomic E-state index is -3.92. The molecule has 2 aromatic rings. The van der Waals surface area contributed by atoms with Gasteiger partial charge in [-0.15, -0.1) is 0 Å². The Morgan fingerprint density at radius 1 is 1.18 bits per heavy atom. The number of amides is 1. The van der Waals surface area contributed by atoms with Gasteiger partial charge >= 0.3 is 0 Å². The molecule has 1 saturated heterocycles. The molecule has 0 atom stereocenters. The van der Waals surface area contributed by atoms with Crippen molar-refractivity contribution in [2.24, 2.45) is 5.92 Å². The molecule has 9 heteroatoms. The molecular weight excluding hydrogens is 407 g/mol. The monoisotopic (exact) mass is 426 g/mol. The molecule has 0 aliphatic carbocycles. The van der Waals surface area contributed by atoms with Gasteiger partial charge in [0.15, 0.2) is 0 Å². The number of rotatable bonds is 5. The molecule has 0 unspecified atom stereocenters. The van der Waals surface area contributed by atoms with Crippen molar-refractivity contribution in [3.8, 4) is 5.75 Å². The summed E-state index contributed by atoms with van der Waals surface area (Å²) < 4.78 is 45.7. The maximum Gasteiger partial charge on any atom is 0.246 e. The molecular formula is C19H20ClFN2O4S. The quantitative estimate of drug-likeness (QED) is 0.793. The smallest absolute Gasteiger partial charge is 0.246 e. The van der Waals surface area contributed by atoms with Gasteiger partial charge in [0.2, 0.25) is 15.9 Å². The fourth-order valence-electron chi connectivity index (χ4n) is 3.13. The van der Waals surface area contributed by atoms with E-state index in [4.69, 9.17) is 16.3 Å². The molecule has 0 aromatic heterocycles. The van der Waals surface area contributed by atoms with Crippen molar-refractivity contribution in [1.29, 1.82) is 0 Å². The zero-order chi connectivity index (χ0) is 20.3. The molecule has 1 N–H and O–H groups in total. The highest BCUT2D eigenvalue weighted by Crippen LogP contribution is 2.30. The van der Waals surface area contributed by atoms with E-state index in [2.05, 4.69) is 5.32 Å². The van der Waals surface area contributed by atoms with Gasteiger partial charge in [-0.1, -0.05) is 11.6 Å². The second-order valence-electron chi connectivity index (χ2n) is 6.47. The second-order valence-corrected chi connectivity index (χ2v) is 8.81. The van der Waals surface area contributed by atoms with Gasteiger partial charge in [0, 0.05) is 29.7 Å². The summed E-state index contributed by atoms with van der Waals surface area (Å²) in [4.78, 5) is 12.2. The van der Waals surface area contributed by atoms with Gasteiger partial charge < -0.3 is 10.1 Å². The van der Waals surface area contributed by atoms with Crippen molar-refractivity contribution in [3.05, 3.63) is 53.3 Å². The van der Waals surface area contributed by atoms with E-state index in [0.29, 0.717) is 23.6 Å². The van der Waals surface area contributed by atoms with Gasteiger partial charge in [-0.05, 0) is 55.3 Å². The first-order valence-electron chi connectivity index (χ1n) is 8.71. The number of ether oxygens (including phenoxy) is 1. The first kappa shape index (κ1) is 20.6. The Morgan fingerprint density at radius 3 is 2.43 bits per heavy atom. The molecule has 1 aliphatic heterocycles. The summed E-state index contributed by atoms with van der Waals surface area (Å²) in [5, 5.41) is 3.39. The molecule has 6 nitrogen and oxygen atoms in total. The van der Waals surface area contributed by atoms with Crippen molar-refractivity contribution in [3.63, 3.8) is 0 Å². The van der Waals surface area contributed by atoms with Crippen molar-refractivity contribution >= 4 is 33.2 Å². The van der Waals surface area contributed by atoms with E-state index in [1.54, 1.807) is 24.3 Å². The number of carbonyl (C=O) groups is 1. The number of halogens is 2. The predicted octanol–water partition coefficient (Wildman–Crippen LogP) is 3.53. The molecule has 0 spiro atoms. The van der Waals surface area contributed by atoms with Crippen LogP contribution in [0.25, 0.3) is 0 Å². The third-order valence-electron chi connectivity index (χ3n) is 4.68. The first-order valence-corrected chi connectivity index (χ1v) is 10.5. The number of sulfonamides is 1. The molecule has 1 aliphatic rings. The van der Waals surface area contributed by atoms with E-state index in [1.165, 1.54) is 17.5 Å². The normalized spacial score (nSPS) is 16.0. The zero-order valence-electron chi connectivity index (χ0n) is 15.2. The number of nitrogens with zero attached hydrogens (tertiary/aromatic N) is 1. The molecule has 0 bridgehead atoms. The fraction of sp³-hybridized carbons (Fsp3) is 0.316. The van der Waals surface area contributed by atoms with Crippen molar-refractivity contribution in [2.75, 3.05) is 25.5 Å². The molecule has 3 rings (SSSR count). The van der Waals surface area contributed by atoms with Gasteiger partial charge in [-0.2, -0.15) is 4.31 Å². The van der Waals surface area contributed by atoms with Gasteiger partial charge in [0.25, 0.3) is 0 Å². The summed E-state index contributed by atoms with van der Waals surface area (Å²) >= 11 is 5.83. The highest BCUT2D eigenvalue weighted by Gasteiger charge is 2.34. The molecule has 150 valence electrons. The van der Waals surface area contributed by atoms with E-state index in [0.717, 1.165) is 12.1 Å². The Balaban J connectivity index is 1.67. The van der Waals surface area contributed by atoms with E-state index < -0.39 is 15.8 Å². The number of anilines is 1. The summed E-state index contributed by atoms with van der Waals surface area (Å²) in [6.45, 7) is 0.335. The fourth-order valence-corrected chi connectivity index (χ4v) is 4.89. The standard InChI is InChI=1S/C19H20ClFN2O4S/c1-27-17-7-4-15(21)12-18(17)28(25,26)23-10-8-13(9-11-23)19(24)22-16-5-2-14(20)3-6-16/h2-7,12-13H,8-11H2,1H3,(H,22,24). The van der Waals surface area contributed by atoms with Crippen molar-refractivity contribution < 1.29 is 22.3 Å². The average molecular weight is 427 g/mol. The number of piperidine rings is 1. The summed E-state index contributed by atoms with van der Waals surface area (Å²) in [6, 6.07) is 10.1. The van der Waals surface area contributed by atoms with Crippen molar-refractivity contribution in [1.82, 2.24) is 4.31 Å². The molecule has 1 fully saturated rings. The third kappa shape index (κ3) is 4.45. The maximum absolute atomic E-state index is 13.6. The van der Waals surface area contributed by atoms with Crippen LogP contribution < -0.4 is 10.1 Å². The summed E-state index contributed by atoms with van der Waals surface area (Å²) in [5.41, 5.74) is 0.633. The van der Waals surface area contributed by atoms with E-state index in [-0.39, 0.29) is 35.6 Å². The van der Waals surface area contributed by atoms with Gasteiger partial charge in [-0.25, -0.2) is 12.8 Å². The van der Waals surface area contributed by atoms with Crippen LogP contribution in [0.5, 0.6) is 5.75 Å². The van der Waals surface area contributed by atoms with Crippen LogP contribution in [0.2, 0.25) is 5.02 Å². The lowest BCUT2D eigenvalue weighted by Gasteiger charge is -2.30. The number of nitrogens with one attached hydrogen (secondary N) is 1. The highest BCUT2D eigenvalue weighted by atomic mass is 35.5. The zero-order valence-corrected chi connectivity index (χ0v) is 16.8. The highest BCUT2D eigenvalue weighted by molar-refractivity contribution is 7.89. The molecule has 1 amide bonds. The lowest BCUT2D eigenvalue weighted by Crippen LogP contribution is -2.41. The van der Waals surface area contributed by atoms with Crippen LogP contribution in [-0.4, -0.2) is 38.8 Å². The van der Waals surface area contributed by atoms with Crippen LogP contribution in [0.4, 0.5) is 10.1 Å². The lowest BCUT2D eigenvalue weighted by molar-refractivity contribution is -0.120. The predicted molar refractivity (Wildman–Crippen MR) is 105 cm³/mol. The van der Waals surface area contributed by atoms with Gasteiger partial charge in [-0.3, -0.25) is 4.79 Å². The Kier molecular flexibility index (Phi) is 6.22. The molecule has 2 aromatic carbocycles. The van der Waals surface area contributed by atoms with Gasteiger partial charge in [0.1, 0.15) is 16.5 Å². The van der Waals surface area contributed by atoms with Crippen LogP contribution >= 0.6 is 11.6 Å². The number of benzene rings is 2. The van der Waals surface area contributed by atoms with E-state index in [9.17, 15) is 17.6 Å². The maximum atomic E-state index is 13.6. The summed E-state index contributed by atoms with van der Waals surface area (Å²) in [6.07, 6.45) is 0.743. The molecule has 0 radical (unpaired) electrons. The second kappa shape index (κ2) is 8.46. The number of hydrogen-bond donors (Lipinski definition) is 1. The Morgan fingerprint density at radius 2 is 1.82 bits per heavy atom. The van der Waals surface area contributed by atoms with Gasteiger partial charge in [0.05, 0.1) is 7.11 Å². The molecule has 0 saturated carbocycles. The largest absolute Gasteiger partial charge is 0.495 e. The van der Waals surface area contributed by atoms with Crippen LogP contribution in [-0.2, 0) is 14.8 Å². The number of hydrogen-bond acceptors (Lipinski definition) is 4. The van der Waals surface area contributed by atoms with Crippen LogP contribution in [0.3, 0.4) is 0 Å². The minimum Gasteiger partial charge on any atom is -0.495 e. The number of carbonyl (C=O) groups excluding carboxylic acids is 1. The van der Waals surface area contributed by atoms with Crippen LogP contribution in [0, 0.1) is 11.7 Å². The van der Waals surface area contributed by atoms with E-state index in [1.807, 2.05) is 0 Å². The SMILES string of the molecule is COc1ccc(F)cc1S(=O)(=O)N1CCC(C(=O)Nc2ccc(Cl)cc2)CC1. The molecule has 28 heavy (non-hydrogen) atoms. The van der Waals surface area contributed by atoms with Crippen molar-refractivity contribution in [2.45, 2.75) is 17.7 Å². The molecule has 1 heterocycles. The first-order chi connectivity index (χ1) is 13.3. The minimum absolute atomic E-state index is 0.0870. The Labute approximate surface area is 168 Å². The van der Waals surface area contributed by atoms with E-state index >= 15 is 0 Å². The lowest BCUT2D eigenvalue weighted by atomic mass is 9.97. The van der Waals surface area contributed by atoms with Crippen LogP contribution in [0.1, 0.15) is 12.8 Å².